The fraction of sp³-hybridized carbons (Fsp3) is 0.278. The van der Waals surface area contributed by atoms with Crippen LogP contribution in [0.2, 0.25) is 10.0 Å². The molecule has 0 saturated heterocycles. The second-order valence-corrected chi connectivity index (χ2v) is 14.4. The van der Waals surface area contributed by atoms with Crippen molar-refractivity contribution in [3.8, 4) is 0 Å². The van der Waals surface area contributed by atoms with Crippen molar-refractivity contribution in [2.24, 2.45) is 5.92 Å². The van der Waals surface area contributed by atoms with Gasteiger partial charge >= 0.3 is 0 Å². The Kier molecular flexibility index (Phi) is 11.9. The summed E-state index contributed by atoms with van der Waals surface area (Å²) in [6.45, 7) is 7.46. The second kappa shape index (κ2) is 15.6. The SMILES string of the molecule is Cc1ccc(S(=O)(=O)N(CC(=O)N(Cc2ccccc2Cl)[C@@H](Cc2ccccc2)C(=O)NCC(C)C)c2ccc(C)c(Cl)c2)cc1. The summed E-state index contributed by atoms with van der Waals surface area (Å²) in [6, 6.07) is 26.8. The van der Waals surface area contributed by atoms with Crippen LogP contribution in [0.25, 0.3) is 0 Å². The van der Waals surface area contributed by atoms with Crippen LogP contribution in [0.1, 0.15) is 36.1 Å². The van der Waals surface area contributed by atoms with Crippen molar-refractivity contribution in [2.45, 2.75) is 51.6 Å². The Morgan fingerprint density at radius 2 is 1.48 bits per heavy atom. The van der Waals surface area contributed by atoms with Gasteiger partial charge in [0, 0.05) is 29.6 Å². The monoisotopic (exact) mass is 679 g/mol. The number of rotatable bonds is 13. The molecule has 0 fully saturated rings. The van der Waals surface area contributed by atoms with Gasteiger partial charge in [0.1, 0.15) is 12.6 Å². The summed E-state index contributed by atoms with van der Waals surface area (Å²) >= 11 is 13.0. The van der Waals surface area contributed by atoms with Gasteiger partial charge in [0.05, 0.1) is 10.6 Å². The first-order chi connectivity index (χ1) is 21.9. The third-order valence-electron chi connectivity index (χ3n) is 7.59. The third-order valence-corrected chi connectivity index (χ3v) is 10.1. The van der Waals surface area contributed by atoms with Gasteiger partial charge in [-0.1, -0.05) is 109 Å². The number of sulfonamides is 1. The number of carbonyl (C=O) groups is 2. The molecule has 0 aliphatic rings. The molecule has 4 aromatic rings. The quantitative estimate of drug-likeness (QED) is 0.162. The second-order valence-electron chi connectivity index (χ2n) is 11.7. The topological polar surface area (TPSA) is 86.8 Å². The molecule has 0 saturated carbocycles. The van der Waals surface area contributed by atoms with Gasteiger partial charge in [-0.05, 0) is 66.8 Å². The highest BCUT2D eigenvalue weighted by molar-refractivity contribution is 7.92. The van der Waals surface area contributed by atoms with Gasteiger partial charge in [0.2, 0.25) is 11.8 Å². The average Bonchev–Trinajstić information content (AvgIpc) is 3.03. The lowest BCUT2D eigenvalue weighted by Crippen LogP contribution is -2.53. The lowest BCUT2D eigenvalue weighted by molar-refractivity contribution is -0.140. The number of aryl methyl sites for hydroxylation is 2. The van der Waals surface area contributed by atoms with Crippen LogP contribution in [0.15, 0.2) is 102 Å². The Hall–Kier alpha value is -3.85. The molecule has 2 amide bonds. The minimum absolute atomic E-state index is 0.0157. The number of carbonyl (C=O) groups excluding carboxylic acids is 2. The van der Waals surface area contributed by atoms with Gasteiger partial charge in [0.15, 0.2) is 0 Å². The van der Waals surface area contributed by atoms with Crippen molar-refractivity contribution in [1.82, 2.24) is 10.2 Å². The lowest BCUT2D eigenvalue weighted by Gasteiger charge is -2.34. The van der Waals surface area contributed by atoms with Crippen LogP contribution < -0.4 is 9.62 Å². The normalized spacial score (nSPS) is 12.1. The minimum Gasteiger partial charge on any atom is -0.354 e. The zero-order valence-corrected chi connectivity index (χ0v) is 28.7. The van der Waals surface area contributed by atoms with Crippen LogP contribution in [-0.4, -0.2) is 44.3 Å². The van der Waals surface area contributed by atoms with Gasteiger partial charge in [-0.15, -0.1) is 0 Å². The molecule has 0 heterocycles. The molecule has 242 valence electrons. The summed E-state index contributed by atoms with van der Waals surface area (Å²) < 4.78 is 29.4. The van der Waals surface area contributed by atoms with Gasteiger partial charge in [-0.3, -0.25) is 13.9 Å². The molecule has 0 bridgehead atoms. The Morgan fingerprint density at radius 3 is 2.11 bits per heavy atom. The fourth-order valence-corrected chi connectivity index (χ4v) is 6.67. The van der Waals surface area contributed by atoms with E-state index in [0.29, 0.717) is 22.2 Å². The Bertz CT molecular complexity index is 1760. The van der Waals surface area contributed by atoms with Crippen LogP contribution in [0.5, 0.6) is 0 Å². The van der Waals surface area contributed by atoms with Crippen molar-refractivity contribution in [2.75, 3.05) is 17.4 Å². The number of benzene rings is 4. The first-order valence-electron chi connectivity index (χ1n) is 15.1. The van der Waals surface area contributed by atoms with E-state index in [1.807, 2.05) is 58.0 Å². The summed E-state index contributed by atoms with van der Waals surface area (Å²) in [5, 5.41) is 3.77. The molecule has 0 aliphatic carbocycles. The number of nitrogens with one attached hydrogen (secondary N) is 1. The van der Waals surface area contributed by atoms with E-state index >= 15 is 0 Å². The molecule has 0 aromatic heterocycles. The molecule has 0 radical (unpaired) electrons. The predicted octanol–water partition coefficient (Wildman–Crippen LogP) is 7.22. The maximum atomic E-state index is 14.6. The molecule has 46 heavy (non-hydrogen) atoms. The molecular formula is C36H39Cl2N3O4S. The van der Waals surface area contributed by atoms with Gasteiger partial charge in [-0.2, -0.15) is 0 Å². The molecular weight excluding hydrogens is 641 g/mol. The summed E-state index contributed by atoms with van der Waals surface area (Å²) in [7, 11) is -4.24. The van der Waals surface area contributed by atoms with E-state index in [1.165, 1.54) is 23.1 Å². The third kappa shape index (κ3) is 8.90. The molecule has 7 nitrogen and oxygen atoms in total. The van der Waals surface area contributed by atoms with E-state index in [4.69, 9.17) is 23.2 Å². The van der Waals surface area contributed by atoms with E-state index in [2.05, 4.69) is 5.32 Å². The van der Waals surface area contributed by atoms with Gasteiger partial charge < -0.3 is 10.2 Å². The lowest BCUT2D eigenvalue weighted by atomic mass is 10.0. The molecule has 1 N–H and O–H groups in total. The molecule has 4 rings (SSSR count). The van der Waals surface area contributed by atoms with Crippen molar-refractivity contribution in [1.29, 1.82) is 0 Å². The summed E-state index contributed by atoms with van der Waals surface area (Å²) in [5.41, 5.74) is 3.35. The Labute approximate surface area is 282 Å². The Balaban J connectivity index is 1.82. The zero-order valence-electron chi connectivity index (χ0n) is 26.4. The molecule has 10 heteroatoms. The summed E-state index contributed by atoms with van der Waals surface area (Å²) in [4.78, 5) is 29.9. The minimum atomic E-state index is -4.24. The van der Waals surface area contributed by atoms with E-state index in [9.17, 15) is 18.0 Å². The zero-order chi connectivity index (χ0) is 33.4. The standard InChI is InChI=1S/C36H39Cl2N3O4S/c1-25(2)22-39-36(43)34(20-28-10-6-5-7-11-28)40(23-29-12-8-9-13-32(29)37)35(42)24-41(30-17-16-27(4)33(38)21-30)46(44,45)31-18-14-26(3)15-19-31/h5-19,21,25,34H,20,22-24H2,1-4H3,(H,39,43)/t34-/m0/s1. The van der Waals surface area contributed by atoms with Crippen LogP contribution in [-0.2, 0) is 32.6 Å². The van der Waals surface area contributed by atoms with E-state index in [1.54, 1.807) is 48.5 Å². The van der Waals surface area contributed by atoms with Gasteiger partial charge in [-0.25, -0.2) is 8.42 Å². The fourth-order valence-electron chi connectivity index (χ4n) is 4.89. The van der Waals surface area contributed by atoms with Gasteiger partial charge in [0.25, 0.3) is 10.0 Å². The van der Waals surface area contributed by atoms with Crippen LogP contribution >= 0.6 is 23.2 Å². The number of halogens is 2. The molecule has 1 atom stereocenters. The number of hydrogen-bond acceptors (Lipinski definition) is 4. The molecule has 4 aromatic carbocycles. The summed E-state index contributed by atoms with van der Waals surface area (Å²) in [6.07, 6.45) is 0.210. The number of anilines is 1. The van der Waals surface area contributed by atoms with Crippen molar-refractivity contribution in [3.63, 3.8) is 0 Å². The Morgan fingerprint density at radius 1 is 0.826 bits per heavy atom. The van der Waals surface area contributed by atoms with Crippen molar-refractivity contribution >= 4 is 50.7 Å². The smallest absolute Gasteiger partial charge is 0.264 e. The van der Waals surface area contributed by atoms with Crippen LogP contribution in [0.3, 0.4) is 0 Å². The maximum absolute atomic E-state index is 14.6. The molecule has 0 aliphatic heterocycles. The predicted molar refractivity (Wildman–Crippen MR) is 186 cm³/mol. The first-order valence-corrected chi connectivity index (χ1v) is 17.3. The van der Waals surface area contributed by atoms with E-state index in [-0.39, 0.29) is 35.4 Å². The van der Waals surface area contributed by atoms with Crippen LogP contribution in [0, 0.1) is 19.8 Å². The maximum Gasteiger partial charge on any atom is 0.264 e. The highest BCUT2D eigenvalue weighted by Crippen LogP contribution is 2.29. The largest absolute Gasteiger partial charge is 0.354 e. The highest BCUT2D eigenvalue weighted by atomic mass is 35.5. The molecule has 0 unspecified atom stereocenters. The average molecular weight is 681 g/mol. The van der Waals surface area contributed by atoms with Crippen molar-refractivity contribution < 1.29 is 18.0 Å². The number of nitrogens with zero attached hydrogens (tertiary/aromatic N) is 2. The first kappa shape index (κ1) is 35.0. The van der Waals surface area contributed by atoms with Crippen molar-refractivity contribution in [3.05, 3.63) is 129 Å². The molecule has 0 spiro atoms. The summed E-state index contributed by atoms with van der Waals surface area (Å²) in [5.74, 6) is -0.743. The highest BCUT2D eigenvalue weighted by Gasteiger charge is 2.35. The van der Waals surface area contributed by atoms with E-state index < -0.39 is 28.5 Å². The number of amides is 2. The number of hydrogen-bond donors (Lipinski definition) is 1. The van der Waals surface area contributed by atoms with E-state index in [0.717, 1.165) is 21.0 Å². The van der Waals surface area contributed by atoms with Crippen LogP contribution in [0.4, 0.5) is 5.69 Å².